The lowest BCUT2D eigenvalue weighted by atomic mass is 9.91. The lowest BCUT2D eigenvalue weighted by molar-refractivity contribution is 0.0616. The van der Waals surface area contributed by atoms with E-state index in [2.05, 4.69) is 34.1 Å². The van der Waals surface area contributed by atoms with Crippen molar-refractivity contribution in [3.05, 3.63) is 59.7 Å². The van der Waals surface area contributed by atoms with E-state index in [0.29, 0.717) is 28.4 Å². The molecule has 30 heavy (non-hydrogen) atoms. The number of amides is 1. The van der Waals surface area contributed by atoms with Crippen LogP contribution in [0.25, 0.3) is 5.69 Å². The average Bonchev–Trinajstić information content (AvgIpc) is 3.16. The van der Waals surface area contributed by atoms with Gasteiger partial charge < -0.3 is 4.90 Å². The van der Waals surface area contributed by atoms with Crippen molar-refractivity contribution in [2.75, 3.05) is 13.1 Å². The molecule has 3 heterocycles. The first kappa shape index (κ1) is 20.5. The summed E-state index contributed by atoms with van der Waals surface area (Å²) in [6, 6.07) is 9.84. The molecule has 3 aromatic rings. The molecule has 1 aliphatic rings. The SMILES string of the molecule is Cc1ccc(-n2nnc(C(=O)N3CC(C)CC(C)C3)c2CSc2ncccn2)cc1. The predicted molar refractivity (Wildman–Crippen MR) is 117 cm³/mol. The van der Waals surface area contributed by atoms with Crippen LogP contribution < -0.4 is 0 Å². The van der Waals surface area contributed by atoms with Crippen LogP contribution in [-0.4, -0.2) is 48.9 Å². The number of rotatable bonds is 5. The van der Waals surface area contributed by atoms with Gasteiger partial charge in [0, 0.05) is 31.2 Å². The molecule has 0 N–H and O–H groups in total. The molecule has 7 nitrogen and oxygen atoms in total. The van der Waals surface area contributed by atoms with Crippen LogP contribution in [0.3, 0.4) is 0 Å². The van der Waals surface area contributed by atoms with Crippen LogP contribution in [0, 0.1) is 18.8 Å². The van der Waals surface area contributed by atoms with Crippen LogP contribution in [0.5, 0.6) is 0 Å². The highest BCUT2D eigenvalue weighted by Crippen LogP contribution is 2.26. The molecule has 0 bridgehead atoms. The summed E-state index contributed by atoms with van der Waals surface area (Å²) in [7, 11) is 0. The first-order valence-corrected chi connectivity index (χ1v) is 11.2. The molecular weight excluding hydrogens is 396 g/mol. The number of piperidine rings is 1. The first-order chi connectivity index (χ1) is 14.5. The summed E-state index contributed by atoms with van der Waals surface area (Å²) in [5, 5.41) is 9.33. The van der Waals surface area contributed by atoms with Crippen LogP contribution in [0.1, 0.15) is 42.0 Å². The van der Waals surface area contributed by atoms with Crippen molar-refractivity contribution in [1.82, 2.24) is 29.9 Å². The van der Waals surface area contributed by atoms with Gasteiger partial charge in [-0.05, 0) is 43.4 Å². The summed E-state index contributed by atoms with van der Waals surface area (Å²) >= 11 is 1.48. The molecule has 1 saturated heterocycles. The third-order valence-corrected chi connectivity index (χ3v) is 6.17. The van der Waals surface area contributed by atoms with Gasteiger partial charge in [0.05, 0.1) is 11.4 Å². The number of hydrogen-bond acceptors (Lipinski definition) is 6. The Morgan fingerprint density at radius 2 is 1.77 bits per heavy atom. The molecule has 0 aliphatic carbocycles. The number of carbonyl (C=O) groups is 1. The Bertz CT molecular complexity index is 994. The third-order valence-electron chi connectivity index (χ3n) is 5.28. The van der Waals surface area contributed by atoms with Crippen LogP contribution >= 0.6 is 11.8 Å². The quantitative estimate of drug-likeness (QED) is 0.460. The van der Waals surface area contributed by atoms with Gasteiger partial charge >= 0.3 is 0 Å². The Kier molecular flexibility index (Phi) is 6.13. The van der Waals surface area contributed by atoms with E-state index in [1.165, 1.54) is 17.3 Å². The van der Waals surface area contributed by atoms with Gasteiger partial charge in [-0.2, -0.15) is 0 Å². The van der Waals surface area contributed by atoms with Gasteiger partial charge in [-0.25, -0.2) is 14.6 Å². The summed E-state index contributed by atoms with van der Waals surface area (Å²) < 4.78 is 1.76. The second kappa shape index (κ2) is 8.95. The van der Waals surface area contributed by atoms with Gasteiger partial charge in [0.2, 0.25) is 0 Å². The normalized spacial score (nSPS) is 19.1. The van der Waals surface area contributed by atoms with Crippen LogP contribution in [-0.2, 0) is 5.75 Å². The van der Waals surface area contributed by atoms with E-state index in [-0.39, 0.29) is 5.91 Å². The Hall–Kier alpha value is -2.74. The smallest absolute Gasteiger partial charge is 0.276 e. The summed E-state index contributed by atoms with van der Waals surface area (Å²) in [6.07, 6.45) is 4.58. The molecule has 0 saturated carbocycles. The zero-order valence-electron chi connectivity index (χ0n) is 17.5. The predicted octanol–water partition coefficient (Wildman–Crippen LogP) is 3.78. The summed E-state index contributed by atoms with van der Waals surface area (Å²) in [6.45, 7) is 7.96. The number of aryl methyl sites for hydroxylation is 1. The van der Waals surface area contributed by atoms with E-state index in [1.54, 1.807) is 23.1 Å². The second-order valence-corrected chi connectivity index (χ2v) is 9.05. The highest BCUT2D eigenvalue weighted by Gasteiger charge is 2.30. The lowest BCUT2D eigenvalue weighted by Crippen LogP contribution is -2.43. The summed E-state index contributed by atoms with van der Waals surface area (Å²) in [5.41, 5.74) is 3.24. The van der Waals surface area contributed by atoms with E-state index in [0.717, 1.165) is 30.9 Å². The van der Waals surface area contributed by atoms with Gasteiger partial charge in [0.15, 0.2) is 10.9 Å². The monoisotopic (exact) mass is 422 g/mol. The maximum Gasteiger partial charge on any atom is 0.276 e. The number of aromatic nitrogens is 5. The van der Waals surface area contributed by atoms with E-state index in [4.69, 9.17) is 0 Å². The summed E-state index contributed by atoms with van der Waals surface area (Å²) in [5.74, 6) is 1.43. The van der Waals surface area contributed by atoms with E-state index < -0.39 is 0 Å². The van der Waals surface area contributed by atoms with Crippen molar-refractivity contribution in [3.8, 4) is 5.69 Å². The average molecular weight is 423 g/mol. The number of carbonyl (C=O) groups excluding carboxylic acids is 1. The maximum absolute atomic E-state index is 13.4. The van der Waals surface area contributed by atoms with Gasteiger partial charge in [-0.15, -0.1) is 5.10 Å². The Balaban J connectivity index is 1.67. The van der Waals surface area contributed by atoms with E-state index >= 15 is 0 Å². The topological polar surface area (TPSA) is 76.8 Å². The van der Waals surface area contributed by atoms with Crippen molar-refractivity contribution in [2.24, 2.45) is 11.8 Å². The molecule has 1 aromatic carbocycles. The number of thioether (sulfide) groups is 1. The lowest BCUT2D eigenvalue weighted by Gasteiger charge is -2.34. The Labute approximate surface area is 180 Å². The highest BCUT2D eigenvalue weighted by atomic mass is 32.2. The number of likely N-dealkylation sites (tertiary alicyclic amines) is 1. The standard InChI is InChI=1S/C22H26N6OS/c1-15-5-7-18(8-6-15)28-19(14-30-22-23-9-4-10-24-22)20(25-26-28)21(29)27-12-16(2)11-17(3)13-27/h4-10,16-17H,11-14H2,1-3H3. The number of nitrogens with zero attached hydrogens (tertiary/aromatic N) is 6. The number of hydrogen-bond donors (Lipinski definition) is 0. The fourth-order valence-corrected chi connectivity index (χ4v) is 4.76. The maximum atomic E-state index is 13.4. The van der Waals surface area contributed by atoms with Crippen molar-refractivity contribution in [1.29, 1.82) is 0 Å². The number of benzene rings is 1. The highest BCUT2D eigenvalue weighted by molar-refractivity contribution is 7.98. The minimum atomic E-state index is -0.0451. The fourth-order valence-electron chi connectivity index (χ4n) is 3.96. The largest absolute Gasteiger partial charge is 0.337 e. The van der Waals surface area contributed by atoms with Crippen molar-refractivity contribution in [3.63, 3.8) is 0 Å². The molecule has 2 atom stereocenters. The van der Waals surface area contributed by atoms with Crippen LogP contribution in [0.4, 0.5) is 0 Å². The molecule has 0 radical (unpaired) electrons. The third kappa shape index (κ3) is 4.53. The molecule has 1 fully saturated rings. The molecular formula is C22H26N6OS. The zero-order valence-corrected chi connectivity index (χ0v) is 18.3. The Morgan fingerprint density at radius 3 is 2.43 bits per heavy atom. The van der Waals surface area contributed by atoms with Gasteiger partial charge in [-0.3, -0.25) is 4.79 Å². The first-order valence-electron chi connectivity index (χ1n) is 10.2. The molecule has 2 unspecified atom stereocenters. The van der Waals surface area contributed by atoms with E-state index in [9.17, 15) is 4.79 Å². The minimum absolute atomic E-state index is 0.0451. The zero-order chi connectivity index (χ0) is 21.1. The second-order valence-electron chi connectivity index (χ2n) is 8.11. The molecule has 156 valence electrons. The van der Waals surface area contributed by atoms with Crippen molar-refractivity contribution in [2.45, 2.75) is 38.1 Å². The summed E-state index contributed by atoms with van der Waals surface area (Å²) in [4.78, 5) is 23.9. The van der Waals surface area contributed by atoms with Crippen LogP contribution in [0.2, 0.25) is 0 Å². The van der Waals surface area contributed by atoms with Crippen LogP contribution in [0.15, 0.2) is 47.9 Å². The van der Waals surface area contributed by atoms with E-state index in [1.807, 2.05) is 36.1 Å². The molecule has 2 aromatic heterocycles. The molecule has 4 rings (SSSR count). The van der Waals surface area contributed by atoms with Gasteiger partial charge in [0.25, 0.3) is 5.91 Å². The molecule has 0 spiro atoms. The molecule has 8 heteroatoms. The fraction of sp³-hybridized carbons (Fsp3) is 0.409. The van der Waals surface area contributed by atoms with Crippen molar-refractivity contribution >= 4 is 17.7 Å². The molecule has 1 aliphatic heterocycles. The van der Waals surface area contributed by atoms with Crippen molar-refractivity contribution < 1.29 is 4.79 Å². The van der Waals surface area contributed by atoms with Gasteiger partial charge in [0.1, 0.15) is 0 Å². The van der Waals surface area contributed by atoms with Gasteiger partial charge in [-0.1, -0.05) is 48.5 Å². The Morgan fingerprint density at radius 1 is 1.10 bits per heavy atom. The minimum Gasteiger partial charge on any atom is -0.337 e. The molecule has 1 amide bonds.